The van der Waals surface area contributed by atoms with E-state index >= 15 is 0 Å². The predicted octanol–water partition coefficient (Wildman–Crippen LogP) is 2.66. The van der Waals surface area contributed by atoms with Crippen molar-refractivity contribution in [2.24, 2.45) is 0 Å². The van der Waals surface area contributed by atoms with Crippen LogP contribution in [-0.4, -0.2) is 42.5 Å². The molecule has 1 amide bonds. The van der Waals surface area contributed by atoms with Gasteiger partial charge in [-0.05, 0) is 38.8 Å². The topological polar surface area (TPSA) is 102 Å². The number of nitrogens with zero attached hydrogens (tertiary/aromatic N) is 2. The van der Waals surface area contributed by atoms with Crippen molar-refractivity contribution >= 4 is 23.3 Å². The van der Waals surface area contributed by atoms with Crippen molar-refractivity contribution in [1.82, 2.24) is 5.32 Å². The summed E-state index contributed by atoms with van der Waals surface area (Å²) in [7, 11) is 0. The number of carbonyl (C=O) groups is 2. The molecule has 1 aliphatic heterocycles. The standard InChI is InChI=1S/C18H25N3O5/c1-3-19-17(22)13(2)26-18(23)14-8-9-15(16(12-14)21(24)25)20-10-6-4-5-7-11-20/h8-9,12-13H,3-7,10-11H2,1-2H3,(H,19,22)/t13-/m1/s1. The molecule has 0 saturated carbocycles. The van der Waals surface area contributed by atoms with E-state index in [1.807, 2.05) is 4.90 Å². The van der Waals surface area contributed by atoms with Crippen LogP contribution in [0.5, 0.6) is 0 Å². The van der Waals surface area contributed by atoms with Crippen molar-refractivity contribution in [1.29, 1.82) is 0 Å². The molecule has 1 atom stereocenters. The van der Waals surface area contributed by atoms with Gasteiger partial charge in [0.25, 0.3) is 11.6 Å². The number of nitro groups is 1. The van der Waals surface area contributed by atoms with Gasteiger partial charge < -0.3 is 15.0 Å². The average molecular weight is 363 g/mol. The molecule has 0 aromatic heterocycles. The lowest BCUT2D eigenvalue weighted by atomic mass is 10.1. The van der Waals surface area contributed by atoms with Crippen LogP contribution in [0.2, 0.25) is 0 Å². The quantitative estimate of drug-likeness (QED) is 0.474. The second-order valence-corrected chi connectivity index (χ2v) is 6.30. The number of esters is 1. The van der Waals surface area contributed by atoms with E-state index in [4.69, 9.17) is 4.74 Å². The van der Waals surface area contributed by atoms with Gasteiger partial charge in [0, 0.05) is 25.7 Å². The van der Waals surface area contributed by atoms with Crippen LogP contribution in [-0.2, 0) is 9.53 Å². The molecule has 1 heterocycles. The van der Waals surface area contributed by atoms with Crippen LogP contribution in [0.25, 0.3) is 0 Å². The van der Waals surface area contributed by atoms with Gasteiger partial charge in [0.15, 0.2) is 6.10 Å². The highest BCUT2D eigenvalue weighted by molar-refractivity contribution is 5.93. The number of amides is 1. The molecule has 1 fully saturated rings. The minimum Gasteiger partial charge on any atom is -0.449 e. The Hall–Kier alpha value is -2.64. The van der Waals surface area contributed by atoms with Crippen LogP contribution in [0.3, 0.4) is 0 Å². The highest BCUT2D eigenvalue weighted by Gasteiger charge is 2.24. The molecule has 0 spiro atoms. The Bertz CT molecular complexity index is 669. The molecule has 8 heteroatoms. The van der Waals surface area contributed by atoms with E-state index in [-0.39, 0.29) is 11.3 Å². The van der Waals surface area contributed by atoms with Gasteiger partial charge in [-0.25, -0.2) is 4.79 Å². The summed E-state index contributed by atoms with van der Waals surface area (Å²) in [6.45, 7) is 5.18. The molecular formula is C18H25N3O5. The first-order valence-corrected chi connectivity index (χ1v) is 8.96. The average Bonchev–Trinajstić information content (AvgIpc) is 2.90. The zero-order valence-electron chi connectivity index (χ0n) is 15.2. The van der Waals surface area contributed by atoms with E-state index in [9.17, 15) is 19.7 Å². The number of rotatable bonds is 6. The second-order valence-electron chi connectivity index (χ2n) is 6.30. The van der Waals surface area contributed by atoms with E-state index in [2.05, 4.69) is 5.32 Å². The first-order chi connectivity index (χ1) is 12.4. The molecule has 8 nitrogen and oxygen atoms in total. The van der Waals surface area contributed by atoms with Gasteiger partial charge in [0.2, 0.25) is 0 Å². The Morgan fingerprint density at radius 2 is 1.92 bits per heavy atom. The van der Waals surface area contributed by atoms with E-state index < -0.39 is 22.9 Å². The highest BCUT2D eigenvalue weighted by atomic mass is 16.6. The van der Waals surface area contributed by atoms with Crippen molar-refractivity contribution in [3.8, 4) is 0 Å². The summed E-state index contributed by atoms with van der Waals surface area (Å²) in [5.41, 5.74) is 0.462. The minimum absolute atomic E-state index is 0.0615. The number of carbonyl (C=O) groups excluding carboxylic acids is 2. The number of likely N-dealkylation sites (N-methyl/N-ethyl adjacent to an activating group) is 1. The number of hydrogen-bond acceptors (Lipinski definition) is 6. The first kappa shape index (κ1) is 19.7. The molecule has 26 heavy (non-hydrogen) atoms. The second kappa shape index (κ2) is 9.17. The Morgan fingerprint density at radius 3 is 2.50 bits per heavy atom. The zero-order chi connectivity index (χ0) is 19.1. The fourth-order valence-electron chi connectivity index (χ4n) is 2.98. The number of nitrogens with one attached hydrogen (secondary N) is 1. The number of ether oxygens (including phenoxy) is 1. The zero-order valence-corrected chi connectivity index (χ0v) is 15.2. The van der Waals surface area contributed by atoms with Gasteiger partial charge in [-0.3, -0.25) is 14.9 Å². The lowest BCUT2D eigenvalue weighted by Crippen LogP contribution is -2.35. The maximum absolute atomic E-state index is 12.2. The molecule has 0 unspecified atom stereocenters. The molecule has 2 rings (SSSR count). The molecule has 1 aromatic carbocycles. The summed E-state index contributed by atoms with van der Waals surface area (Å²) in [6.07, 6.45) is 3.25. The summed E-state index contributed by atoms with van der Waals surface area (Å²) in [5, 5.41) is 14.1. The molecule has 0 radical (unpaired) electrons. The Morgan fingerprint density at radius 1 is 1.27 bits per heavy atom. The summed E-state index contributed by atoms with van der Waals surface area (Å²) >= 11 is 0. The predicted molar refractivity (Wildman–Crippen MR) is 97.3 cm³/mol. The van der Waals surface area contributed by atoms with Crippen LogP contribution in [0.1, 0.15) is 49.9 Å². The van der Waals surface area contributed by atoms with Crippen molar-refractivity contribution in [3.63, 3.8) is 0 Å². The largest absolute Gasteiger partial charge is 0.449 e. The van der Waals surface area contributed by atoms with Gasteiger partial charge in [-0.15, -0.1) is 0 Å². The normalized spacial score (nSPS) is 15.7. The molecular weight excluding hydrogens is 338 g/mol. The van der Waals surface area contributed by atoms with E-state index in [1.54, 1.807) is 13.0 Å². The van der Waals surface area contributed by atoms with E-state index in [1.165, 1.54) is 19.1 Å². The summed E-state index contributed by atoms with van der Waals surface area (Å²) < 4.78 is 5.10. The van der Waals surface area contributed by atoms with Gasteiger partial charge in [0.1, 0.15) is 5.69 Å². The molecule has 1 aromatic rings. The van der Waals surface area contributed by atoms with Crippen LogP contribution in [0.15, 0.2) is 18.2 Å². The van der Waals surface area contributed by atoms with Crippen molar-refractivity contribution < 1.29 is 19.2 Å². The first-order valence-electron chi connectivity index (χ1n) is 8.96. The molecule has 142 valence electrons. The third-order valence-electron chi connectivity index (χ3n) is 4.36. The van der Waals surface area contributed by atoms with Crippen LogP contribution in [0.4, 0.5) is 11.4 Å². The summed E-state index contributed by atoms with van der Waals surface area (Å²) in [4.78, 5) is 36.9. The van der Waals surface area contributed by atoms with E-state index in [0.717, 1.165) is 38.8 Å². The Labute approximate surface area is 152 Å². The third kappa shape index (κ3) is 4.93. The third-order valence-corrected chi connectivity index (χ3v) is 4.36. The molecule has 1 aliphatic rings. The van der Waals surface area contributed by atoms with Gasteiger partial charge in [-0.1, -0.05) is 12.8 Å². The monoisotopic (exact) mass is 363 g/mol. The molecule has 0 aliphatic carbocycles. The maximum atomic E-state index is 12.2. The number of hydrogen-bond donors (Lipinski definition) is 1. The molecule has 1 N–H and O–H groups in total. The lowest BCUT2D eigenvalue weighted by molar-refractivity contribution is -0.384. The number of nitro benzene ring substituents is 1. The van der Waals surface area contributed by atoms with Crippen LogP contribution in [0, 0.1) is 10.1 Å². The van der Waals surface area contributed by atoms with E-state index in [0.29, 0.717) is 12.2 Å². The molecule has 0 bridgehead atoms. The smallest absolute Gasteiger partial charge is 0.339 e. The lowest BCUT2D eigenvalue weighted by Gasteiger charge is -2.22. The van der Waals surface area contributed by atoms with Gasteiger partial charge >= 0.3 is 5.97 Å². The SMILES string of the molecule is CCNC(=O)[C@@H](C)OC(=O)c1ccc(N2CCCCCC2)c([N+](=O)[O-])c1. The minimum atomic E-state index is -0.966. The highest BCUT2D eigenvalue weighted by Crippen LogP contribution is 2.31. The maximum Gasteiger partial charge on any atom is 0.339 e. The van der Waals surface area contributed by atoms with Gasteiger partial charge in [0.05, 0.1) is 10.5 Å². The Kier molecular flexibility index (Phi) is 6.94. The fraction of sp³-hybridized carbons (Fsp3) is 0.556. The van der Waals surface area contributed by atoms with Crippen LogP contribution < -0.4 is 10.2 Å². The summed E-state index contributed by atoms with van der Waals surface area (Å²) in [6, 6.07) is 4.34. The Balaban J connectivity index is 2.20. The van der Waals surface area contributed by atoms with Gasteiger partial charge in [-0.2, -0.15) is 0 Å². The fourth-order valence-corrected chi connectivity index (χ4v) is 2.98. The molecule has 1 saturated heterocycles. The van der Waals surface area contributed by atoms with Crippen molar-refractivity contribution in [2.45, 2.75) is 45.6 Å². The van der Waals surface area contributed by atoms with Crippen molar-refractivity contribution in [2.75, 3.05) is 24.5 Å². The number of anilines is 1. The summed E-state index contributed by atoms with van der Waals surface area (Å²) in [5.74, 6) is -1.16. The van der Waals surface area contributed by atoms with Crippen LogP contribution >= 0.6 is 0 Å². The van der Waals surface area contributed by atoms with Crippen molar-refractivity contribution in [3.05, 3.63) is 33.9 Å². The number of benzene rings is 1.